The SMILES string of the molecule is C=C(/C=C\C(=C)/C(=C/C=C(\CC)n1c2c(c3cc(C)ccc31)C=C(C)CC2)CC)Nc1ccc(-c2cccc(-c3ccccc3)c2)cc1. The van der Waals surface area contributed by atoms with Crippen molar-refractivity contribution in [3.05, 3.63) is 174 Å². The van der Waals surface area contributed by atoms with E-state index < -0.39 is 0 Å². The van der Waals surface area contributed by atoms with Crippen molar-refractivity contribution in [2.75, 3.05) is 5.32 Å². The Morgan fingerprint density at radius 3 is 2.15 bits per heavy atom. The van der Waals surface area contributed by atoms with Crippen molar-refractivity contribution < 1.29 is 0 Å². The number of nitrogens with one attached hydrogen (secondary N) is 1. The zero-order valence-corrected chi connectivity index (χ0v) is 28.8. The maximum Gasteiger partial charge on any atom is 0.0534 e. The Kier molecular flexibility index (Phi) is 9.92. The summed E-state index contributed by atoms with van der Waals surface area (Å²) in [5.41, 5.74) is 17.0. The van der Waals surface area contributed by atoms with Crippen LogP contribution in [0.25, 0.3) is 44.9 Å². The van der Waals surface area contributed by atoms with Crippen molar-refractivity contribution in [2.45, 2.75) is 53.4 Å². The predicted octanol–water partition coefficient (Wildman–Crippen LogP) is 13.0. The summed E-state index contributed by atoms with van der Waals surface area (Å²) >= 11 is 0. The summed E-state index contributed by atoms with van der Waals surface area (Å²) in [5.74, 6) is 0. The fraction of sp³-hybridized carbons (Fsp3) is 0.174. The predicted molar refractivity (Wildman–Crippen MR) is 210 cm³/mol. The second kappa shape index (κ2) is 14.6. The summed E-state index contributed by atoms with van der Waals surface area (Å²) < 4.78 is 2.51. The Labute approximate surface area is 286 Å². The highest BCUT2D eigenvalue weighted by Gasteiger charge is 2.20. The Bertz CT molecular complexity index is 2090. The molecular formula is C46H46N2. The largest absolute Gasteiger partial charge is 0.356 e. The first-order chi connectivity index (χ1) is 23.3. The molecule has 1 aromatic heterocycles. The lowest BCUT2D eigenvalue weighted by atomic mass is 9.96. The van der Waals surface area contributed by atoms with Gasteiger partial charge < -0.3 is 9.88 Å². The highest BCUT2D eigenvalue weighted by molar-refractivity contribution is 5.95. The smallest absolute Gasteiger partial charge is 0.0534 e. The lowest BCUT2D eigenvalue weighted by molar-refractivity contribution is 0.851. The van der Waals surface area contributed by atoms with Gasteiger partial charge in [-0.15, -0.1) is 0 Å². The van der Waals surface area contributed by atoms with Gasteiger partial charge in [0, 0.05) is 33.7 Å². The quantitative estimate of drug-likeness (QED) is 0.144. The molecule has 0 bridgehead atoms. The third-order valence-electron chi connectivity index (χ3n) is 9.31. The lowest BCUT2D eigenvalue weighted by Crippen LogP contribution is -2.05. The minimum Gasteiger partial charge on any atom is -0.356 e. The van der Waals surface area contributed by atoms with Gasteiger partial charge in [-0.1, -0.05) is 123 Å². The monoisotopic (exact) mass is 626 g/mol. The molecule has 0 unspecified atom stereocenters. The molecule has 1 aliphatic rings. The average Bonchev–Trinajstić information content (AvgIpc) is 3.42. The first-order valence-corrected chi connectivity index (χ1v) is 17.1. The number of hydrogen-bond acceptors (Lipinski definition) is 1. The summed E-state index contributed by atoms with van der Waals surface area (Å²) in [5, 5.41) is 4.79. The summed E-state index contributed by atoms with van der Waals surface area (Å²) in [6.45, 7) is 17.5. The van der Waals surface area contributed by atoms with Crippen molar-refractivity contribution in [1.82, 2.24) is 4.57 Å². The van der Waals surface area contributed by atoms with Gasteiger partial charge in [0.05, 0.1) is 5.52 Å². The third kappa shape index (κ3) is 7.14. The number of hydrogen-bond donors (Lipinski definition) is 1. The standard InChI is InChI=1S/C46H46N2/c1-7-36(23-26-42(8-2)48-45-27-17-32(3)29-43(45)44-30-33(4)18-28-46(44)48)34(5)19-20-35(6)47-41-24-21-38(22-25-41)40-16-12-15-39(31-40)37-13-10-9-11-14-37/h9-17,19-27,29-31,47H,5-8,18,28H2,1-4H3/b20-19-,36-23+,42-26+. The van der Waals surface area contributed by atoms with Crippen molar-refractivity contribution in [3.63, 3.8) is 0 Å². The molecule has 5 aromatic rings. The van der Waals surface area contributed by atoms with Gasteiger partial charge in [0.2, 0.25) is 0 Å². The number of anilines is 1. The van der Waals surface area contributed by atoms with Gasteiger partial charge in [0.15, 0.2) is 0 Å². The summed E-state index contributed by atoms with van der Waals surface area (Å²) in [4.78, 5) is 0. The molecule has 0 saturated carbocycles. The van der Waals surface area contributed by atoms with Gasteiger partial charge in [-0.25, -0.2) is 0 Å². The van der Waals surface area contributed by atoms with Crippen LogP contribution in [0.4, 0.5) is 5.69 Å². The Balaban J connectivity index is 1.15. The summed E-state index contributed by atoms with van der Waals surface area (Å²) in [7, 11) is 0. The molecule has 2 heteroatoms. The van der Waals surface area contributed by atoms with Crippen molar-refractivity contribution in [3.8, 4) is 22.3 Å². The summed E-state index contributed by atoms with van der Waals surface area (Å²) in [6.07, 6.45) is 15.1. The topological polar surface area (TPSA) is 17.0 Å². The molecule has 1 heterocycles. The van der Waals surface area contributed by atoms with Crippen LogP contribution in [-0.4, -0.2) is 4.57 Å². The van der Waals surface area contributed by atoms with Gasteiger partial charge in [0.25, 0.3) is 0 Å². The molecule has 0 spiro atoms. The molecule has 48 heavy (non-hydrogen) atoms. The fourth-order valence-electron chi connectivity index (χ4n) is 6.64. The van der Waals surface area contributed by atoms with Crippen LogP contribution >= 0.6 is 0 Å². The van der Waals surface area contributed by atoms with Crippen LogP contribution in [0.15, 0.2) is 157 Å². The maximum atomic E-state index is 4.42. The van der Waals surface area contributed by atoms with Crippen LogP contribution in [0.3, 0.4) is 0 Å². The van der Waals surface area contributed by atoms with E-state index >= 15 is 0 Å². The van der Waals surface area contributed by atoms with E-state index in [0.29, 0.717) is 0 Å². The van der Waals surface area contributed by atoms with Gasteiger partial charge in [0.1, 0.15) is 0 Å². The minimum atomic E-state index is 0.819. The molecule has 0 amide bonds. The second-order valence-electron chi connectivity index (χ2n) is 12.8. The van der Waals surface area contributed by atoms with Crippen LogP contribution in [-0.2, 0) is 6.42 Å². The lowest BCUT2D eigenvalue weighted by Gasteiger charge is -2.17. The highest BCUT2D eigenvalue weighted by atomic mass is 15.0. The molecular weight excluding hydrogens is 581 g/mol. The van der Waals surface area contributed by atoms with Crippen molar-refractivity contribution in [1.29, 1.82) is 0 Å². The molecule has 240 valence electrons. The zero-order chi connectivity index (χ0) is 33.6. The number of aromatic nitrogens is 1. The molecule has 6 rings (SSSR count). The Morgan fingerprint density at radius 2 is 1.44 bits per heavy atom. The highest BCUT2D eigenvalue weighted by Crippen LogP contribution is 2.37. The van der Waals surface area contributed by atoms with Crippen LogP contribution in [0.2, 0.25) is 0 Å². The second-order valence-corrected chi connectivity index (χ2v) is 12.8. The van der Waals surface area contributed by atoms with Crippen LogP contribution in [0.1, 0.15) is 56.9 Å². The van der Waals surface area contributed by atoms with Gasteiger partial charge >= 0.3 is 0 Å². The minimum absolute atomic E-state index is 0.819. The fourth-order valence-corrected chi connectivity index (χ4v) is 6.64. The number of benzene rings is 4. The van der Waals surface area contributed by atoms with E-state index in [9.17, 15) is 0 Å². The summed E-state index contributed by atoms with van der Waals surface area (Å²) in [6, 6.07) is 34.6. The van der Waals surface area contributed by atoms with Crippen LogP contribution in [0, 0.1) is 6.92 Å². The van der Waals surface area contributed by atoms with Gasteiger partial charge in [-0.2, -0.15) is 0 Å². The van der Waals surface area contributed by atoms with E-state index in [4.69, 9.17) is 0 Å². The Morgan fingerprint density at radius 1 is 0.729 bits per heavy atom. The van der Waals surface area contributed by atoms with E-state index in [1.54, 1.807) is 0 Å². The van der Waals surface area contributed by atoms with Gasteiger partial charge in [-0.3, -0.25) is 0 Å². The number of nitrogens with zero attached hydrogens (tertiary/aromatic N) is 1. The third-order valence-corrected chi connectivity index (χ3v) is 9.31. The van der Waals surface area contributed by atoms with E-state index in [1.165, 1.54) is 66.8 Å². The van der Waals surface area contributed by atoms with Crippen molar-refractivity contribution in [2.24, 2.45) is 0 Å². The first kappa shape index (κ1) is 32.6. The number of aryl methyl sites for hydroxylation is 1. The molecule has 0 atom stereocenters. The van der Waals surface area contributed by atoms with E-state index in [0.717, 1.165) is 42.6 Å². The van der Waals surface area contributed by atoms with Gasteiger partial charge in [-0.05, 0) is 115 Å². The molecule has 0 aliphatic heterocycles. The first-order valence-electron chi connectivity index (χ1n) is 17.1. The molecule has 1 aliphatic carbocycles. The molecule has 0 fully saturated rings. The van der Waals surface area contributed by atoms with E-state index in [-0.39, 0.29) is 0 Å². The number of allylic oxidation sites excluding steroid dienone is 8. The van der Waals surface area contributed by atoms with E-state index in [1.807, 2.05) is 6.08 Å². The van der Waals surface area contributed by atoms with Crippen LogP contribution in [0.5, 0.6) is 0 Å². The zero-order valence-electron chi connectivity index (χ0n) is 28.8. The van der Waals surface area contributed by atoms with Crippen LogP contribution < -0.4 is 5.32 Å². The maximum absolute atomic E-state index is 4.42. The molecule has 1 N–H and O–H groups in total. The number of rotatable bonds is 11. The van der Waals surface area contributed by atoms with E-state index in [2.05, 4.69) is 172 Å². The molecule has 2 nitrogen and oxygen atoms in total. The Hall–Kier alpha value is -5.34. The van der Waals surface area contributed by atoms with Crippen molar-refractivity contribution >= 4 is 28.4 Å². The average molecular weight is 627 g/mol. The molecule has 0 radical (unpaired) electrons. The number of fused-ring (bicyclic) bond motifs is 3. The normalized spacial score (nSPS) is 13.5. The molecule has 4 aromatic carbocycles. The molecule has 0 saturated heterocycles.